The molecule has 2 aliphatic heterocycles. The van der Waals surface area contributed by atoms with Crippen LogP contribution in [-0.4, -0.2) is 82.1 Å². The Kier molecular flexibility index (Phi) is 6.93. The molecule has 5 aromatic rings. The molecule has 0 radical (unpaired) electrons. The molecule has 0 bridgehead atoms. The zero-order chi connectivity index (χ0) is 26.7. The van der Waals surface area contributed by atoms with Crippen LogP contribution in [0.5, 0.6) is 0 Å². The van der Waals surface area contributed by atoms with E-state index in [0.717, 1.165) is 99.5 Å². The predicted molar refractivity (Wildman–Crippen MR) is 160 cm³/mol. The Bertz CT molecular complexity index is 1460. The molecule has 0 aliphatic carbocycles. The second-order valence-electron chi connectivity index (χ2n) is 10.7. The van der Waals surface area contributed by atoms with Gasteiger partial charge < -0.3 is 9.80 Å². The SMILES string of the molecule is c1ccc(N2CCN(Cc3nc4cc5ccccc5cc4nc3CN3CCN(c4ccccn4)CC3)CC2)nc1. The summed E-state index contributed by atoms with van der Waals surface area (Å²) in [6.45, 7) is 9.42. The molecule has 2 saturated heterocycles. The molecule has 40 heavy (non-hydrogen) atoms. The van der Waals surface area contributed by atoms with Crippen molar-refractivity contribution in [1.82, 2.24) is 29.7 Å². The van der Waals surface area contributed by atoms with Gasteiger partial charge in [-0.25, -0.2) is 19.9 Å². The summed E-state index contributed by atoms with van der Waals surface area (Å²) in [7, 11) is 0. The van der Waals surface area contributed by atoms with E-state index in [2.05, 4.69) is 90.2 Å². The summed E-state index contributed by atoms with van der Waals surface area (Å²) in [4.78, 5) is 29.4. The van der Waals surface area contributed by atoms with Crippen molar-refractivity contribution in [3.05, 3.63) is 96.6 Å². The predicted octanol–water partition coefficient (Wildman–Crippen LogP) is 4.22. The summed E-state index contributed by atoms with van der Waals surface area (Å²) in [5, 5.41) is 2.41. The van der Waals surface area contributed by atoms with E-state index in [4.69, 9.17) is 9.97 Å². The Morgan fingerprint density at radius 3 is 1.32 bits per heavy atom. The fourth-order valence-electron chi connectivity index (χ4n) is 5.84. The van der Waals surface area contributed by atoms with E-state index in [0.29, 0.717) is 0 Å². The molecular weight excluding hydrogens is 496 g/mol. The highest BCUT2D eigenvalue weighted by Crippen LogP contribution is 2.24. The maximum Gasteiger partial charge on any atom is 0.128 e. The number of hydrogen-bond donors (Lipinski definition) is 0. The zero-order valence-electron chi connectivity index (χ0n) is 22.7. The molecule has 0 saturated carbocycles. The number of nitrogens with zero attached hydrogens (tertiary/aromatic N) is 8. The number of anilines is 2. The highest BCUT2D eigenvalue weighted by molar-refractivity contribution is 5.94. The molecule has 8 nitrogen and oxygen atoms in total. The standard InChI is InChI=1S/C32H34N8/c1-2-8-26-22-28-27(21-25(26)7-1)35-29(23-37-13-17-39(18-14-37)31-9-3-5-11-33-31)30(36-28)24-38-15-19-40(20-16-38)32-10-4-6-12-34-32/h1-12,21-22H,13-20,23-24H2. The first kappa shape index (κ1) is 24.9. The summed E-state index contributed by atoms with van der Waals surface area (Å²) >= 11 is 0. The molecule has 0 amide bonds. The van der Waals surface area contributed by atoms with Gasteiger partial charge in [0.25, 0.3) is 0 Å². The van der Waals surface area contributed by atoms with Gasteiger partial charge in [0.15, 0.2) is 0 Å². The van der Waals surface area contributed by atoms with Crippen molar-refractivity contribution in [3.63, 3.8) is 0 Å². The van der Waals surface area contributed by atoms with Gasteiger partial charge in [0.05, 0.1) is 22.4 Å². The topological polar surface area (TPSA) is 64.5 Å². The normalized spacial score (nSPS) is 17.1. The third-order valence-corrected chi connectivity index (χ3v) is 8.12. The van der Waals surface area contributed by atoms with E-state index in [1.54, 1.807) is 0 Å². The molecule has 7 rings (SSSR count). The van der Waals surface area contributed by atoms with Crippen molar-refractivity contribution >= 4 is 33.4 Å². The fourth-order valence-corrected chi connectivity index (χ4v) is 5.84. The Morgan fingerprint density at radius 2 is 0.925 bits per heavy atom. The molecule has 2 aromatic carbocycles. The quantitative estimate of drug-likeness (QED) is 0.303. The first-order valence-electron chi connectivity index (χ1n) is 14.2. The lowest BCUT2D eigenvalue weighted by Gasteiger charge is -2.36. The van der Waals surface area contributed by atoms with Crippen LogP contribution in [0.15, 0.2) is 85.2 Å². The summed E-state index contributed by atoms with van der Waals surface area (Å²) in [5.41, 5.74) is 4.15. The number of fused-ring (bicyclic) bond motifs is 2. The van der Waals surface area contributed by atoms with Gasteiger partial charge in [0, 0.05) is 77.8 Å². The average molecular weight is 531 g/mol. The smallest absolute Gasteiger partial charge is 0.128 e. The summed E-state index contributed by atoms with van der Waals surface area (Å²) in [5.74, 6) is 2.12. The van der Waals surface area contributed by atoms with E-state index >= 15 is 0 Å². The molecule has 2 aliphatic rings. The first-order chi connectivity index (χ1) is 19.8. The lowest BCUT2D eigenvalue weighted by atomic mass is 10.1. The van der Waals surface area contributed by atoms with Gasteiger partial charge >= 0.3 is 0 Å². The minimum Gasteiger partial charge on any atom is -0.354 e. The van der Waals surface area contributed by atoms with Crippen LogP contribution in [0.25, 0.3) is 21.8 Å². The van der Waals surface area contributed by atoms with E-state index in [1.165, 1.54) is 10.8 Å². The largest absolute Gasteiger partial charge is 0.354 e. The number of aromatic nitrogens is 4. The van der Waals surface area contributed by atoms with Crippen molar-refractivity contribution in [2.75, 3.05) is 62.2 Å². The second-order valence-corrected chi connectivity index (χ2v) is 10.7. The highest BCUT2D eigenvalue weighted by atomic mass is 15.3. The third-order valence-electron chi connectivity index (χ3n) is 8.12. The van der Waals surface area contributed by atoms with Crippen molar-refractivity contribution in [1.29, 1.82) is 0 Å². The van der Waals surface area contributed by atoms with Crippen LogP contribution in [0.1, 0.15) is 11.4 Å². The molecule has 0 atom stereocenters. The third kappa shape index (κ3) is 5.33. The van der Waals surface area contributed by atoms with Crippen LogP contribution in [0.2, 0.25) is 0 Å². The Balaban J connectivity index is 1.12. The number of piperazine rings is 2. The van der Waals surface area contributed by atoms with Gasteiger partial charge in [0.2, 0.25) is 0 Å². The average Bonchev–Trinajstić information content (AvgIpc) is 3.02. The Morgan fingerprint density at radius 1 is 0.500 bits per heavy atom. The lowest BCUT2D eigenvalue weighted by Crippen LogP contribution is -2.47. The molecule has 0 spiro atoms. The highest BCUT2D eigenvalue weighted by Gasteiger charge is 2.23. The van der Waals surface area contributed by atoms with E-state index in [9.17, 15) is 0 Å². The molecule has 202 valence electrons. The maximum atomic E-state index is 5.25. The Hall–Kier alpha value is -4.14. The van der Waals surface area contributed by atoms with Gasteiger partial charge in [-0.05, 0) is 47.2 Å². The monoisotopic (exact) mass is 530 g/mol. The lowest BCUT2D eigenvalue weighted by molar-refractivity contribution is 0.232. The molecular formula is C32H34N8. The minimum atomic E-state index is 0.815. The van der Waals surface area contributed by atoms with Gasteiger partial charge in [-0.3, -0.25) is 9.80 Å². The number of rotatable bonds is 6. The van der Waals surface area contributed by atoms with Gasteiger partial charge in [-0.2, -0.15) is 0 Å². The Labute approximate surface area is 234 Å². The minimum absolute atomic E-state index is 0.815. The zero-order valence-corrected chi connectivity index (χ0v) is 22.7. The van der Waals surface area contributed by atoms with Gasteiger partial charge in [-0.15, -0.1) is 0 Å². The van der Waals surface area contributed by atoms with Crippen molar-refractivity contribution in [3.8, 4) is 0 Å². The number of pyridine rings is 2. The summed E-state index contributed by atoms with van der Waals surface area (Å²) in [6.07, 6.45) is 3.75. The molecule has 3 aromatic heterocycles. The van der Waals surface area contributed by atoms with Crippen molar-refractivity contribution < 1.29 is 0 Å². The van der Waals surface area contributed by atoms with E-state index in [1.807, 2.05) is 24.5 Å². The van der Waals surface area contributed by atoms with Crippen molar-refractivity contribution in [2.24, 2.45) is 0 Å². The van der Waals surface area contributed by atoms with E-state index < -0.39 is 0 Å². The number of hydrogen-bond acceptors (Lipinski definition) is 8. The molecule has 2 fully saturated rings. The summed E-state index contributed by atoms with van der Waals surface area (Å²) in [6, 6.07) is 25.1. The first-order valence-corrected chi connectivity index (χ1v) is 14.2. The van der Waals surface area contributed by atoms with E-state index in [-0.39, 0.29) is 0 Å². The molecule has 0 N–H and O–H groups in total. The number of benzene rings is 2. The maximum absolute atomic E-state index is 5.25. The van der Waals surface area contributed by atoms with Crippen LogP contribution in [-0.2, 0) is 13.1 Å². The van der Waals surface area contributed by atoms with Gasteiger partial charge in [-0.1, -0.05) is 36.4 Å². The molecule has 5 heterocycles. The van der Waals surface area contributed by atoms with Crippen LogP contribution in [0.4, 0.5) is 11.6 Å². The second kappa shape index (κ2) is 11.2. The van der Waals surface area contributed by atoms with Crippen LogP contribution in [0, 0.1) is 0 Å². The van der Waals surface area contributed by atoms with Crippen LogP contribution in [0.3, 0.4) is 0 Å². The van der Waals surface area contributed by atoms with Gasteiger partial charge in [0.1, 0.15) is 11.6 Å². The van der Waals surface area contributed by atoms with Crippen LogP contribution >= 0.6 is 0 Å². The summed E-state index contributed by atoms with van der Waals surface area (Å²) < 4.78 is 0. The van der Waals surface area contributed by atoms with Crippen LogP contribution < -0.4 is 9.80 Å². The molecule has 8 heteroatoms. The fraction of sp³-hybridized carbons (Fsp3) is 0.312. The molecule has 0 unspecified atom stereocenters. The van der Waals surface area contributed by atoms with Crippen molar-refractivity contribution in [2.45, 2.75) is 13.1 Å².